The van der Waals surface area contributed by atoms with Crippen LogP contribution in [-0.4, -0.2) is 4.92 Å². The van der Waals surface area contributed by atoms with Gasteiger partial charge in [0, 0.05) is 18.2 Å². The molecule has 0 amide bonds. The molecule has 2 aromatic carbocycles. The van der Waals surface area contributed by atoms with Gasteiger partial charge in [-0.2, -0.15) is 0 Å². The molecule has 0 radical (unpaired) electrons. The molecule has 0 atom stereocenters. The number of halogens is 3. The highest BCUT2D eigenvalue weighted by Gasteiger charge is 2.13. The molecule has 2 N–H and O–H groups in total. The van der Waals surface area contributed by atoms with E-state index in [2.05, 4.69) is 15.9 Å². The number of nitrogen functional groups attached to an aromatic ring is 1. The number of nitro groups is 1. The summed E-state index contributed by atoms with van der Waals surface area (Å²) in [6.07, 6.45) is 0. The summed E-state index contributed by atoms with van der Waals surface area (Å²) in [5.41, 5.74) is 5.27. The van der Waals surface area contributed by atoms with E-state index in [1.165, 1.54) is 24.3 Å². The van der Waals surface area contributed by atoms with Crippen molar-refractivity contribution in [3.05, 3.63) is 55.8 Å². The molecule has 8 heteroatoms. The predicted molar refractivity (Wildman–Crippen MR) is 76.7 cm³/mol. The van der Waals surface area contributed by atoms with Crippen LogP contribution in [0.5, 0.6) is 11.5 Å². The largest absolute Gasteiger partial charge is 0.456 e. The van der Waals surface area contributed by atoms with Crippen molar-refractivity contribution in [1.82, 2.24) is 0 Å². The second-order valence-electron chi connectivity index (χ2n) is 3.78. The van der Waals surface area contributed by atoms with E-state index < -0.39 is 10.7 Å². The van der Waals surface area contributed by atoms with E-state index in [1.807, 2.05) is 0 Å². The summed E-state index contributed by atoms with van der Waals surface area (Å²) >= 11 is 8.79. The van der Waals surface area contributed by atoms with Crippen molar-refractivity contribution < 1.29 is 14.1 Å². The summed E-state index contributed by atoms with van der Waals surface area (Å²) in [6, 6.07) is 6.32. The lowest BCUT2D eigenvalue weighted by atomic mass is 10.2. The summed E-state index contributed by atoms with van der Waals surface area (Å²) in [5, 5.41) is 10.6. The molecular weight excluding hydrogens is 354 g/mol. The molecule has 2 rings (SSSR count). The predicted octanol–water partition coefficient (Wildman–Crippen LogP) is 4.52. The number of nitrogens with two attached hydrogens (primary N) is 1. The van der Waals surface area contributed by atoms with E-state index >= 15 is 0 Å². The van der Waals surface area contributed by atoms with Crippen LogP contribution in [0.4, 0.5) is 15.8 Å². The van der Waals surface area contributed by atoms with Gasteiger partial charge in [-0.05, 0) is 28.1 Å². The molecule has 0 unspecified atom stereocenters. The third-order valence-electron chi connectivity index (χ3n) is 2.40. The standard InChI is InChI=1S/C12H7BrClFN2O3/c13-7-4-8(14)9(15)5-12(7)20-6-1-2-11(17(18)19)10(16)3-6/h1-5H,16H2. The smallest absolute Gasteiger partial charge is 0.292 e. The molecule has 0 bridgehead atoms. The van der Waals surface area contributed by atoms with Gasteiger partial charge in [-0.15, -0.1) is 0 Å². The molecule has 5 nitrogen and oxygen atoms in total. The van der Waals surface area contributed by atoms with Gasteiger partial charge in [-0.1, -0.05) is 11.6 Å². The van der Waals surface area contributed by atoms with Gasteiger partial charge >= 0.3 is 0 Å². The first kappa shape index (κ1) is 14.5. The highest BCUT2D eigenvalue weighted by molar-refractivity contribution is 9.10. The van der Waals surface area contributed by atoms with Crippen molar-refractivity contribution in [1.29, 1.82) is 0 Å². The van der Waals surface area contributed by atoms with E-state index in [1.54, 1.807) is 0 Å². The third kappa shape index (κ3) is 3.00. The molecule has 20 heavy (non-hydrogen) atoms. The Labute approximate surface area is 126 Å². The van der Waals surface area contributed by atoms with Gasteiger partial charge in [-0.3, -0.25) is 10.1 Å². The summed E-state index contributed by atoms with van der Waals surface area (Å²) in [7, 11) is 0. The molecule has 0 fully saturated rings. The third-order valence-corrected chi connectivity index (χ3v) is 3.31. The van der Waals surface area contributed by atoms with Crippen molar-refractivity contribution in [3.63, 3.8) is 0 Å². The van der Waals surface area contributed by atoms with E-state index in [4.69, 9.17) is 22.1 Å². The van der Waals surface area contributed by atoms with Gasteiger partial charge in [0.05, 0.1) is 14.4 Å². The van der Waals surface area contributed by atoms with Crippen LogP contribution in [0.2, 0.25) is 5.02 Å². The number of rotatable bonds is 3. The normalized spacial score (nSPS) is 10.3. The van der Waals surface area contributed by atoms with Crippen molar-refractivity contribution in [3.8, 4) is 11.5 Å². The topological polar surface area (TPSA) is 78.4 Å². The first-order valence-electron chi connectivity index (χ1n) is 5.25. The lowest BCUT2D eigenvalue weighted by Crippen LogP contribution is -1.96. The SMILES string of the molecule is Nc1cc(Oc2cc(F)c(Cl)cc2Br)ccc1[N+](=O)[O-]. The number of benzene rings is 2. The molecule has 0 aliphatic rings. The fourth-order valence-electron chi connectivity index (χ4n) is 1.47. The highest BCUT2D eigenvalue weighted by atomic mass is 79.9. The van der Waals surface area contributed by atoms with E-state index in [9.17, 15) is 14.5 Å². The molecule has 0 aromatic heterocycles. The number of hydrogen-bond acceptors (Lipinski definition) is 4. The van der Waals surface area contributed by atoms with Gasteiger partial charge in [0.15, 0.2) is 0 Å². The Kier molecular flexibility index (Phi) is 4.10. The van der Waals surface area contributed by atoms with Crippen LogP contribution in [0.1, 0.15) is 0 Å². The number of hydrogen-bond donors (Lipinski definition) is 1. The first-order chi connectivity index (χ1) is 9.38. The van der Waals surface area contributed by atoms with E-state index in [0.29, 0.717) is 4.47 Å². The molecule has 0 aliphatic carbocycles. The van der Waals surface area contributed by atoms with E-state index in [0.717, 1.165) is 6.07 Å². The zero-order chi connectivity index (χ0) is 14.9. The summed E-state index contributed by atoms with van der Waals surface area (Å²) in [4.78, 5) is 10.0. The Bertz CT molecular complexity index is 697. The monoisotopic (exact) mass is 360 g/mol. The lowest BCUT2D eigenvalue weighted by molar-refractivity contribution is -0.383. The second-order valence-corrected chi connectivity index (χ2v) is 5.04. The minimum Gasteiger partial charge on any atom is -0.456 e. The van der Waals surface area contributed by atoms with Crippen LogP contribution in [0.3, 0.4) is 0 Å². The minimum absolute atomic E-state index is 0.0435. The maximum Gasteiger partial charge on any atom is 0.292 e. The van der Waals surface area contributed by atoms with Crippen molar-refractivity contribution in [2.45, 2.75) is 0 Å². The van der Waals surface area contributed by atoms with Gasteiger partial charge in [0.25, 0.3) is 5.69 Å². The average molecular weight is 362 g/mol. The second kappa shape index (κ2) is 5.64. The van der Waals surface area contributed by atoms with Crippen molar-refractivity contribution in [2.24, 2.45) is 0 Å². The molecule has 104 valence electrons. The first-order valence-corrected chi connectivity index (χ1v) is 6.42. The van der Waals surface area contributed by atoms with Crippen molar-refractivity contribution >= 4 is 38.9 Å². The number of anilines is 1. The summed E-state index contributed by atoms with van der Waals surface area (Å²) < 4.78 is 19.2. The lowest BCUT2D eigenvalue weighted by Gasteiger charge is -2.09. The highest BCUT2D eigenvalue weighted by Crippen LogP contribution is 2.35. The van der Waals surface area contributed by atoms with Crippen molar-refractivity contribution in [2.75, 3.05) is 5.73 Å². The Morgan fingerprint density at radius 2 is 2.05 bits per heavy atom. The van der Waals surface area contributed by atoms with Gasteiger partial charge < -0.3 is 10.5 Å². The maximum absolute atomic E-state index is 13.4. The zero-order valence-electron chi connectivity index (χ0n) is 9.77. The Morgan fingerprint density at radius 1 is 1.35 bits per heavy atom. The molecule has 0 spiro atoms. The summed E-state index contributed by atoms with van der Waals surface area (Å²) in [5.74, 6) is -0.213. The fraction of sp³-hybridized carbons (Fsp3) is 0. The Morgan fingerprint density at radius 3 is 2.65 bits per heavy atom. The molecule has 2 aromatic rings. The number of nitrogens with zero attached hydrogens (tertiary/aromatic N) is 1. The van der Waals surface area contributed by atoms with Crippen LogP contribution in [0, 0.1) is 15.9 Å². The molecule has 0 saturated heterocycles. The molecular formula is C12H7BrClFN2O3. The van der Waals surface area contributed by atoms with E-state index in [-0.39, 0.29) is 27.9 Å². The fourth-order valence-corrected chi connectivity index (χ4v) is 2.19. The Balaban J connectivity index is 2.33. The van der Waals surface area contributed by atoms with Crippen LogP contribution in [0.15, 0.2) is 34.8 Å². The Hall–Kier alpha value is -1.86. The average Bonchev–Trinajstić information content (AvgIpc) is 2.35. The number of nitro benzene ring substituents is 1. The zero-order valence-corrected chi connectivity index (χ0v) is 12.1. The summed E-state index contributed by atoms with van der Waals surface area (Å²) in [6.45, 7) is 0. The molecule has 0 aliphatic heterocycles. The molecule has 0 heterocycles. The minimum atomic E-state index is -0.639. The number of ether oxygens (including phenoxy) is 1. The van der Waals surface area contributed by atoms with Gasteiger partial charge in [0.1, 0.15) is 23.0 Å². The van der Waals surface area contributed by atoms with Gasteiger partial charge in [-0.25, -0.2) is 4.39 Å². The quantitative estimate of drug-likeness (QED) is 0.377. The van der Waals surface area contributed by atoms with Crippen LogP contribution >= 0.6 is 27.5 Å². The van der Waals surface area contributed by atoms with Crippen LogP contribution in [-0.2, 0) is 0 Å². The van der Waals surface area contributed by atoms with Gasteiger partial charge in [0.2, 0.25) is 0 Å². The molecule has 0 saturated carbocycles. The van der Waals surface area contributed by atoms with Crippen LogP contribution in [0.25, 0.3) is 0 Å². The maximum atomic E-state index is 13.4. The van der Waals surface area contributed by atoms with Crippen LogP contribution < -0.4 is 10.5 Å².